The molecule has 1 amide bonds. The van der Waals surface area contributed by atoms with E-state index in [9.17, 15) is 25.2 Å². The van der Waals surface area contributed by atoms with E-state index < -0.39 is 42.8 Å². The Morgan fingerprint density at radius 1 is 1.44 bits per heavy atom. The van der Waals surface area contributed by atoms with E-state index in [0.717, 1.165) is 6.92 Å². The van der Waals surface area contributed by atoms with Gasteiger partial charge in [0.05, 0.1) is 0 Å². The van der Waals surface area contributed by atoms with Crippen molar-refractivity contribution in [3.8, 4) is 0 Å². The smallest absolute Gasteiger partial charge is 0.217 e. The van der Waals surface area contributed by atoms with Crippen molar-refractivity contribution in [1.29, 1.82) is 0 Å². The first kappa shape index (κ1) is 14.6. The summed E-state index contributed by atoms with van der Waals surface area (Å²) in [6.07, 6.45) is -8.12. The molecule has 18 heavy (non-hydrogen) atoms. The fourth-order valence-electron chi connectivity index (χ4n) is 1.66. The van der Waals surface area contributed by atoms with Crippen LogP contribution in [0.2, 0.25) is 0 Å². The van der Waals surface area contributed by atoms with Gasteiger partial charge in [-0.3, -0.25) is 4.79 Å². The first-order valence-electron chi connectivity index (χ1n) is 5.07. The number of carbonyl (C=O) groups is 1. The molecule has 0 aliphatic carbocycles. The second-order valence-electron chi connectivity index (χ2n) is 3.82. The quantitative estimate of drug-likeness (QED) is 0.215. The van der Waals surface area contributed by atoms with Crippen molar-refractivity contribution in [2.75, 3.05) is 0 Å². The van der Waals surface area contributed by atoms with E-state index in [0.29, 0.717) is 0 Å². The number of aliphatic hydroxyl groups is 4. The third-order valence-corrected chi connectivity index (χ3v) is 2.49. The van der Waals surface area contributed by atoms with Gasteiger partial charge in [-0.25, -0.2) is 0 Å². The van der Waals surface area contributed by atoms with E-state index in [1.807, 2.05) is 0 Å². The van der Waals surface area contributed by atoms with Crippen molar-refractivity contribution < 1.29 is 30.0 Å². The predicted octanol–water partition coefficient (Wildman–Crippen LogP) is -2.44. The van der Waals surface area contributed by atoms with Crippen molar-refractivity contribution in [2.24, 2.45) is 5.11 Å². The van der Waals surface area contributed by atoms with Crippen molar-refractivity contribution in [3.63, 3.8) is 0 Å². The van der Waals surface area contributed by atoms with Crippen LogP contribution in [-0.4, -0.2) is 63.2 Å². The molecular weight excluding hydrogens is 248 g/mol. The molecule has 10 nitrogen and oxygen atoms in total. The zero-order chi connectivity index (χ0) is 13.9. The topological polar surface area (TPSA) is 168 Å². The molecule has 2 unspecified atom stereocenters. The monoisotopic (exact) mass is 262 g/mol. The molecule has 0 saturated carbocycles. The SMILES string of the molecule is CC(=O)N[C@H]1C(O)O[C@H](C(O)N=[N+]=[N-])[C@H](O)[C@@H]1O. The molecule has 1 fully saturated rings. The lowest BCUT2D eigenvalue weighted by Gasteiger charge is -2.41. The fraction of sp³-hybridized carbons (Fsp3) is 0.875. The maximum atomic E-state index is 10.8. The summed E-state index contributed by atoms with van der Waals surface area (Å²) in [6, 6.07) is -1.24. The van der Waals surface area contributed by atoms with Crippen LogP contribution in [0.5, 0.6) is 0 Å². The minimum atomic E-state index is -1.77. The van der Waals surface area contributed by atoms with Crippen LogP contribution in [0.15, 0.2) is 5.11 Å². The number of nitrogens with one attached hydrogen (secondary N) is 1. The zero-order valence-electron chi connectivity index (χ0n) is 9.41. The molecule has 1 saturated heterocycles. The highest BCUT2D eigenvalue weighted by atomic mass is 16.6. The van der Waals surface area contributed by atoms with Gasteiger partial charge in [0.25, 0.3) is 0 Å². The van der Waals surface area contributed by atoms with Gasteiger partial charge in [0.2, 0.25) is 5.91 Å². The van der Waals surface area contributed by atoms with Gasteiger partial charge in [-0.05, 0) is 5.53 Å². The van der Waals surface area contributed by atoms with Gasteiger partial charge in [0.1, 0.15) is 24.4 Å². The zero-order valence-corrected chi connectivity index (χ0v) is 9.41. The Morgan fingerprint density at radius 2 is 2.06 bits per heavy atom. The van der Waals surface area contributed by atoms with Crippen molar-refractivity contribution in [2.45, 2.75) is 43.8 Å². The summed E-state index contributed by atoms with van der Waals surface area (Å²) in [7, 11) is 0. The third kappa shape index (κ3) is 3.07. The Hall–Kier alpha value is -1.42. The Balaban J connectivity index is 2.82. The summed E-state index contributed by atoms with van der Waals surface area (Å²) >= 11 is 0. The summed E-state index contributed by atoms with van der Waals surface area (Å²) in [4.78, 5) is 13.2. The summed E-state index contributed by atoms with van der Waals surface area (Å²) in [6.45, 7) is 1.16. The van der Waals surface area contributed by atoms with E-state index in [2.05, 4.69) is 15.3 Å². The number of aliphatic hydroxyl groups excluding tert-OH is 4. The number of azide groups is 1. The predicted molar refractivity (Wildman–Crippen MR) is 55.7 cm³/mol. The Bertz CT molecular complexity index is 357. The number of hydrogen-bond donors (Lipinski definition) is 5. The number of carbonyl (C=O) groups excluding carboxylic acids is 1. The van der Waals surface area contributed by atoms with E-state index in [1.165, 1.54) is 0 Å². The summed E-state index contributed by atoms with van der Waals surface area (Å²) in [5.41, 5.74) is 8.14. The average Bonchev–Trinajstić information content (AvgIpc) is 2.29. The van der Waals surface area contributed by atoms with Gasteiger partial charge >= 0.3 is 0 Å². The number of amides is 1. The molecule has 1 rings (SSSR count). The average molecular weight is 262 g/mol. The van der Waals surface area contributed by atoms with Crippen LogP contribution in [0.4, 0.5) is 0 Å². The van der Waals surface area contributed by atoms with E-state index in [1.54, 1.807) is 0 Å². The van der Waals surface area contributed by atoms with Gasteiger partial charge in [-0.15, -0.1) is 0 Å². The number of hydrogen-bond acceptors (Lipinski definition) is 7. The minimum absolute atomic E-state index is 0.539. The molecule has 1 heterocycles. The standard InChI is InChI=1S/C8H14N4O6/c1-2(13)10-3-4(14)5(15)6(18-8(3)17)7(16)11-12-9/h3-8,14-17H,1H3,(H,10,13)/t3-,4-,5-,6+,7?,8?/m1/s1. The highest BCUT2D eigenvalue weighted by Crippen LogP contribution is 2.22. The fourth-order valence-corrected chi connectivity index (χ4v) is 1.66. The molecule has 5 N–H and O–H groups in total. The summed E-state index contributed by atoms with van der Waals surface area (Å²) in [5.74, 6) is -0.539. The van der Waals surface area contributed by atoms with Gasteiger partial charge < -0.3 is 30.5 Å². The molecule has 1 aliphatic rings. The normalized spacial score (nSPS) is 37.5. The van der Waals surface area contributed by atoms with Crippen molar-refractivity contribution >= 4 is 5.91 Å². The molecule has 6 atom stereocenters. The molecule has 0 aromatic carbocycles. The summed E-state index contributed by atoms with van der Waals surface area (Å²) < 4.78 is 4.81. The number of rotatable bonds is 3. The molecule has 1 aliphatic heterocycles. The van der Waals surface area contributed by atoms with E-state index in [4.69, 9.17) is 10.3 Å². The van der Waals surface area contributed by atoms with Gasteiger partial charge in [0.15, 0.2) is 12.5 Å². The van der Waals surface area contributed by atoms with Gasteiger partial charge in [0, 0.05) is 11.8 Å². The van der Waals surface area contributed by atoms with Crippen LogP contribution in [-0.2, 0) is 9.53 Å². The van der Waals surface area contributed by atoms with Gasteiger partial charge in [-0.2, -0.15) is 0 Å². The van der Waals surface area contributed by atoms with Crippen LogP contribution in [0.1, 0.15) is 6.92 Å². The number of ether oxygens (including phenoxy) is 1. The molecule has 10 heteroatoms. The van der Waals surface area contributed by atoms with Crippen LogP contribution < -0.4 is 5.32 Å². The molecule has 0 spiro atoms. The Labute approximate surface area is 101 Å². The highest BCUT2D eigenvalue weighted by molar-refractivity contribution is 5.73. The number of nitrogens with zero attached hydrogens (tertiary/aromatic N) is 3. The minimum Gasteiger partial charge on any atom is -0.388 e. The molecule has 0 aromatic rings. The first-order chi connectivity index (χ1) is 8.38. The Kier molecular flexibility index (Phi) is 4.84. The van der Waals surface area contributed by atoms with E-state index >= 15 is 0 Å². The third-order valence-electron chi connectivity index (χ3n) is 2.49. The van der Waals surface area contributed by atoms with Crippen molar-refractivity contribution in [1.82, 2.24) is 5.32 Å². The van der Waals surface area contributed by atoms with Crippen LogP contribution in [0.25, 0.3) is 10.4 Å². The second-order valence-corrected chi connectivity index (χ2v) is 3.82. The lowest BCUT2D eigenvalue weighted by Crippen LogP contribution is -2.65. The lowest BCUT2D eigenvalue weighted by molar-refractivity contribution is -0.265. The van der Waals surface area contributed by atoms with Crippen molar-refractivity contribution in [3.05, 3.63) is 10.4 Å². The first-order valence-corrected chi connectivity index (χ1v) is 5.07. The molecule has 102 valence electrons. The summed E-state index contributed by atoms with van der Waals surface area (Å²) in [5, 5.41) is 43.3. The molecule has 0 bridgehead atoms. The van der Waals surface area contributed by atoms with Crippen LogP contribution in [0, 0.1) is 0 Å². The Morgan fingerprint density at radius 3 is 2.56 bits per heavy atom. The lowest BCUT2D eigenvalue weighted by atomic mass is 9.96. The molecular formula is C8H14N4O6. The van der Waals surface area contributed by atoms with Crippen LogP contribution in [0.3, 0.4) is 0 Å². The molecule has 0 aromatic heterocycles. The maximum absolute atomic E-state index is 10.8. The molecule has 0 radical (unpaired) electrons. The largest absolute Gasteiger partial charge is 0.388 e. The van der Waals surface area contributed by atoms with Gasteiger partial charge in [-0.1, -0.05) is 5.11 Å². The second kappa shape index (κ2) is 5.96. The maximum Gasteiger partial charge on any atom is 0.217 e. The van der Waals surface area contributed by atoms with Crippen LogP contribution >= 0.6 is 0 Å². The van der Waals surface area contributed by atoms with E-state index in [-0.39, 0.29) is 0 Å². The highest BCUT2D eigenvalue weighted by Gasteiger charge is 2.46.